The Morgan fingerprint density at radius 2 is 1.61 bits per heavy atom. The Hall–Kier alpha value is -3.01. The van der Waals surface area contributed by atoms with Crippen LogP contribution in [0.15, 0.2) is 23.1 Å². The number of hydrogen-bond acceptors (Lipinski definition) is 5. The van der Waals surface area contributed by atoms with Crippen molar-refractivity contribution in [2.75, 3.05) is 11.1 Å². The highest BCUT2D eigenvalue weighted by molar-refractivity contribution is 7.91. The number of halogens is 14. The van der Waals surface area contributed by atoms with Gasteiger partial charge in [0.05, 0.1) is 0 Å². The van der Waals surface area contributed by atoms with E-state index < -0.39 is 87.8 Å². The fourth-order valence-corrected chi connectivity index (χ4v) is 3.88. The molecule has 1 N–H and O–H groups in total. The summed E-state index contributed by atoms with van der Waals surface area (Å²) in [4.78, 5) is 10.8. The first-order valence-corrected chi connectivity index (χ1v) is 11.5. The molecule has 1 aromatic carbocycles. The number of ether oxygens (including phenoxy) is 2. The molecule has 2 aromatic rings. The Morgan fingerprint density at radius 1 is 1.05 bits per heavy atom. The van der Waals surface area contributed by atoms with Crippen LogP contribution in [-0.2, 0) is 20.7 Å². The number of nitrogens with one attached hydrogen (secondary N) is 1. The fourth-order valence-electron chi connectivity index (χ4n) is 2.76. The lowest BCUT2D eigenvalue weighted by Gasteiger charge is -2.30. The summed E-state index contributed by atoms with van der Waals surface area (Å²) in [6.07, 6.45) is -29.7. The van der Waals surface area contributed by atoms with Gasteiger partial charge in [0.15, 0.2) is 4.90 Å². The molecule has 41 heavy (non-hydrogen) atoms. The number of amides is 1. The van der Waals surface area contributed by atoms with Gasteiger partial charge >= 0.3 is 36.9 Å². The quantitative estimate of drug-likeness (QED) is 0.252. The van der Waals surface area contributed by atoms with Gasteiger partial charge in [-0.05, 0) is 24.2 Å². The van der Waals surface area contributed by atoms with Crippen LogP contribution >= 0.6 is 0 Å². The van der Waals surface area contributed by atoms with Crippen molar-refractivity contribution in [3.8, 4) is 11.6 Å². The molecule has 1 heterocycles. The summed E-state index contributed by atoms with van der Waals surface area (Å²) in [6.45, 7) is 1.83. The third-order valence-corrected chi connectivity index (χ3v) is 6.00. The van der Waals surface area contributed by atoms with Gasteiger partial charge in [-0.15, -0.1) is 5.10 Å². The van der Waals surface area contributed by atoms with Gasteiger partial charge in [-0.1, -0.05) is 0 Å². The Morgan fingerprint density at radius 3 is 2.10 bits per heavy atom. The molecule has 2 atom stereocenters. The number of carbonyl (C=O) groups is 1. The molecule has 0 fully saturated rings. The zero-order valence-corrected chi connectivity index (χ0v) is 20.6. The first-order valence-electron chi connectivity index (χ1n) is 10.1. The number of carbonyl (C=O) groups excluding carboxylic acids is 1. The lowest BCUT2D eigenvalue weighted by atomic mass is 10.2. The molecule has 1 aromatic heterocycles. The van der Waals surface area contributed by atoms with Gasteiger partial charge in [0, 0.05) is 24.6 Å². The first-order chi connectivity index (χ1) is 18.3. The minimum absolute atomic E-state index is 0.135. The number of nitrogens with zero attached hydrogens (tertiary/aromatic N) is 2. The molecule has 1 amide bonds. The van der Waals surface area contributed by atoms with Crippen LogP contribution in [0.5, 0.6) is 5.88 Å². The molecule has 0 aliphatic rings. The zero-order chi connectivity index (χ0) is 31.9. The predicted molar refractivity (Wildman–Crippen MR) is 107 cm³/mol. The molecule has 2 rings (SSSR count). The SMILES string of the molecule is CC(=O)Nc1cc(OC(F)(F)C(F)OC(F)(F)C(F)(F)C(F)(F)F)nn1-c1cc([S+]([O-])CC(F)(F)F)c(C)cc1F. The minimum Gasteiger partial charge on any atom is -0.611 e. The number of alkyl halides is 13. The van der Waals surface area contributed by atoms with Crippen molar-refractivity contribution in [2.45, 2.75) is 55.6 Å². The summed E-state index contributed by atoms with van der Waals surface area (Å²) in [5.41, 5.74) is -1.27. The number of aryl methyl sites for hydroxylation is 1. The van der Waals surface area contributed by atoms with E-state index >= 15 is 0 Å². The minimum atomic E-state index is -7.15. The summed E-state index contributed by atoms with van der Waals surface area (Å²) in [7, 11) is 0. The average molecular weight is 645 g/mol. The second-order valence-electron chi connectivity index (χ2n) is 7.82. The lowest BCUT2D eigenvalue weighted by Crippen LogP contribution is -2.56. The molecule has 0 saturated carbocycles. The van der Waals surface area contributed by atoms with E-state index in [0.29, 0.717) is 12.1 Å². The van der Waals surface area contributed by atoms with Gasteiger partial charge in [-0.3, -0.25) is 9.53 Å². The highest BCUT2D eigenvalue weighted by Crippen LogP contribution is 2.48. The molecular weight excluding hydrogens is 632 g/mol. The van der Waals surface area contributed by atoms with Crippen molar-refractivity contribution >= 4 is 22.9 Å². The molecule has 0 aliphatic carbocycles. The average Bonchev–Trinajstić information content (AvgIpc) is 3.11. The molecule has 7 nitrogen and oxygen atoms in total. The zero-order valence-electron chi connectivity index (χ0n) is 19.7. The van der Waals surface area contributed by atoms with E-state index in [1.807, 2.05) is 5.32 Å². The maximum Gasteiger partial charge on any atom is 0.462 e. The van der Waals surface area contributed by atoms with Crippen LogP contribution in [0.4, 0.5) is 67.3 Å². The van der Waals surface area contributed by atoms with Crippen LogP contribution in [0.2, 0.25) is 0 Å². The largest absolute Gasteiger partial charge is 0.611 e. The molecule has 22 heteroatoms. The first kappa shape index (κ1) is 34.2. The lowest BCUT2D eigenvalue weighted by molar-refractivity contribution is -0.460. The number of anilines is 1. The van der Waals surface area contributed by atoms with Crippen LogP contribution < -0.4 is 10.1 Å². The Kier molecular flexibility index (Phi) is 9.46. The summed E-state index contributed by atoms with van der Waals surface area (Å²) in [5.74, 6) is -14.0. The van der Waals surface area contributed by atoms with Crippen molar-refractivity contribution in [1.29, 1.82) is 0 Å². The summed E-state index contributed by atoms with van der Waals surface area (Å²) < 4.78 is 201. The molecule has 0 saturated heterocycles. The number of benzene rings is 1. The smallest absolute Gasteiger partial charge is 0.462 e. The van der Waals surface area contributed by atoms with Gasteiger partial charge in [-0.2, -0.15) is 52.7 Å². The van der Waals surface area contributed by atoms with E-state index in [4.69, 9.17) is 0 Å². The number of aromatic nitrogens is 2. The number of rotatable bonds is 10. The summed E-state index contributed by atoms with van der Waals surface area (Å²) in [6, 6.07) is 1.24. The van der Waals surface area contributed by atoms with E-state index in [2.05, 4.69) is 14.6 Å². The number of hydrogen-bond donors (Lipinski definition) is 1. The maximum absolute atomic E-state index is 14.7. The van der Waals surface area contributed by atoms with Gasteiger partial charge in [0.1, 0.15) is 17.3 Å². The van der Waals surface area contributed by atoms with Crippen molar-refractivity contribution in [1.82, 2.24) is 9.78 Å². The van der Waals surface area contributed by atoms with Gasteiger partial charge < -0.3 is 14.6 Å². The molecule has 2 unspecified atom stereocenters. The second kappa shape index (κ2) is 11.3. The van der Waals surface area contributed by atoms with Gasteiger partial charge in [0.2, 0.25) is 17.5 Å². The van der Waals surface area contributed by atoms with Crippen molar-refractivity contribution in [2.24, 2.45) is 0 Å². The van der Waals surface area contributed by atoms with Crippen molar-refractivity contribution in [3.63, 3.8) is 0 Å². The van der Waals surface area contributed by atoms with Crippen LogP contribution in [0.1, 0.15) is 12.5 Å². The topological polar surface area (TPSA) is 88.4 Å². The van der Waals surface area contributed by atoms with E-state index in [9.17, 15) is 70.8 Å². The predicted octanol–water partition coefficient (Wildman–Crippen LogP) is 6.02. The van der Waals surface area contributed by atoms with Crippen molar-refractivity contribution in [3.05, 3.63) is 29.6 Å². The fraction of sp³-hybridized carbons (Fsp3) is 0.474. The third kappa shape index (κ3) is 7.84. The van der Waals surface area contributed by atoms with Crippen LogP contribution in [0, 0.1) is 12.7 Å². The van der Waals surface area contributed by atoms with Crippen LogP contribution in [0.25, 0.3) is 5.69 Å². The van der Waals surface area contributed by atoms with E-state index in [1.165, 1.54) is 0 Å². The Balaban J connectivity index is 2.49. The summed E-state index contributed by atoms with van der Waals surface area (Å²) in [5, 5.41) is 5.01. The maximum atomic E-state index is 14.7. The van der Waals surface area contributed by atoms with Crippen LogP contribution in [-0.4, -0.2) is 62.8 Å². The molecule has 0 aliphatic heterocycles. The molecule has 0 spiro atoms. The van der Waals surface area contributed by atoms with E-state index in [1.54, 1.807) is 0 Å². The molecule has 0 radical (unpaired) electrons. The standard InChI is InChI=1S/C19H13F14N3O4S/c1-7-3-9(20)10(4-11(7)41(38)6-15(22,23)24)36-12(34-8(2)37)5-13(35-36)39-16(25,26)14(21)40-19(32,33)17(27,28)18(29,30)31/h3-5,14H,6H2,1-2H3,(H,34,37). The van der Waals surface area contributed by atoms with Gasteiger partial charge in [0.25, 0.3) is 0 Å². The normalized spacial score (nSPS) is 15.0. The molecular formula is C19H13F14N3O4S. The molecule has 0 bridgehead atoms. The molecule has 232 valence electrons. The highest BCUT2D eigenvalue weighted by Gasteiger charge is 2.76. The van der Waals surface area contributed by atoms with Crippen LogP contribution in [0.3, 0.4) is 0 Å². The Labute approximate surface area is 221 Å². The highest BCUT2D eigenvalue weighted by atomic mass is 32.2. The van der Waals surface area contributed by atoms with Crippen molar-refractivity contribution < 1.29 is 80.3 Å². The van der Waals surface area contributed by atoms with Gasteiger partial charge in [-0.25, -0.2) is 13.5 Å². The Bertz CT molecular complexity index is 1260. The summed E-state index contributed by atoms with van der Waals surface area (Å²) >= 11 is -2.86. The van der Waals surface area contributed by atoms with E-state index in [0.717, 1.165) is 13.8 Å². The monoisotopic (exact) mass is 645 g/mol. The van der Waals surface area contributed by atoms with E-state index in [-0.39, 0.29) is 16.3 Å². The third-order valence-electron chi connectivity index (χ3n) is 4.48. The second-order valence-corrected chi connectivity index (χ2v) is 9.24.